The van der Waals surface area contributed by atoms with Crippen LogP contribution in [0.4, 0.5) is 4.79 Å². The van der Waals surface area contributed by atoms with Crippen LogP contribution in [0.5, 0.6) is 11.5 Å². The van der Waals surface area contributed by atoms with Gasteiger partial charge in [0.2, 0.25) is 0 Å². The Labute approximate surface area is 250 Å². The quantitative estimate of drug-likeness (QED) is 0.301. The molecule has 0 bridgehead atoms. The topological polar surface area (TPSA) is 140 Å². The highest BCUT2D eigenvalue weighted by atomic mass is 32.2. The molecule has 6 atom stereocenters. The molecule has 2 heterocycles. The van der Waals surface area contributed by atoms with E-state index in [1.165, 1.54) is 30.5 Å². The second-order valence-electron chi connectivity index (χ2n) is 10.7. The Balaban J connectivity index is 1.61. The summed E-state index contributed by atoms with van der Waals surface area (Å²) in [6, 6.07) is 13.9. The molecule has 12 heteroatoms. The molecule has 1 amide bonds. The Morgan fingerprint density at radius 2 is 1.50 bits per heavy atom. The van der Waals surface area contributed by atoms with Crippen LogP contribution in [0.2, 0.25) is 0 Å². The number of nitrogens with zero attached hydrogens (tertiary/aromatic N) is 2. The Bertz CT molecular complexity index is 1220. The highest BCUT2D eigenvalue weighted by Crippen LogP contribution is 2.48. The number of methoxy groups -OCH3 is 2. The summed E-state index contributed by atoms with van der Waals surface area (Å²) in [6.45, 7) is 5.42. The lowest BCUT2D eigenvalue weighted by Crippen LogP contribution is -2.60. The number of rotatable bonds is 12. The zero-order valence-electron chi connectivity index (χ0n) is 24.6. The van der Waals surface area contributed by atoms with Crippen molar-refractivity contribution in [3.05, 3.63) is 59.7 Å². The van der Waals surface area contributed by atoms with E-state index in [2.05, 4.69) is 0 Å². The first-order chi connectivity index (χ1) is 20.0. The molecule has 11 nitrogen and oxygen atoms in total. The summed E-state index contributed by atoms with van der Waals surface area (Å²) >= 11 is 1.19. The third-order valence-electron chi connectivity index (χ3n) is 7.60. The molecule has 4 rings (SSSR count). The molecule has 1 fully saturated rings. The van der Waals surface area contributed by atoms with Crippen molar-refractivity contribution in [2.45, 2.75) is 63.5 Å². The van der Waals surface area contributed by atoms with Crippen LogP contribution in [-0.4, -0.2) is 81.9 Å². The van der Waals surface area contributed by atoms with Crippen molar-refractivity contribution < 1.29 is 43.8 Å². The van der Waals surface area contributed by atoms with Crippen molar-refractivity contribution >= 4 is 23.0 Å². The fourth-order valence-electron chi connectivity index (χ4n) is 5.23. The van der Waals surface area contributed by atoms with Crippen LogP contribution in [0.3, 0.4) is 0 Å². The van der Waals surface area contributed by atoms with Crippen molar-refractivity contribution in [1.82, 2.24) is 4.90 Å². The summed E-state index contributed by atoms with van der Waals surface area (Å²) in [4.78, 5) is 17.9. The molecular formula is C30H40N2O9S. The summed E-state index contributed by atoms with van der Waals surface area (Å²) in [5.74, 6) is -3.76. The van der Waals surface area contributed by atoms with E-state index in [-0.39, 0.29) is 31.5 Å². The third kappa shape index (κ3) is 7.36. The van der Waals surface area contributed by atoms with Gasteiger partial charge in [-0.25, -0.2) is 4.79 Å². The van der Waals surface area contributed by atoms with Gasteiger partial charge in [0.1, 0.15) is 16.9 Å². The minimum atomic E-state index is -1.80. The molecule has 3 N–H and O–H groups in total. The van der Waals surface area contributed by atoms with Gasteiger partial charge < -0.3 is 39.0 Å². The van der Waals surface area contributed by atoms with Crippen LogP contribution in [0.25, 0.3) is 0 Å². The molecule has 0 saturated carbocycles. The summed E-state index contributed by atoms with van der Waals surface area (Å²) in [5, 5.41) is 33.6. The van der Waals surface area contributed by atoms with Crippen molar-refractivity contribution in [3.63, 3.8) is 0 Å². The van der Waals surface area contributed by atoms with E-state index >= 15 is 0 Å². The van der Waals surface area contributed by atoms with E-state index in [1.54, 1.807) is 38.5 Å². The first kappa shape index (κ1) is 32.1. The smallest absolute Gasteiger partial charge is 0.413 e. The number of aliphatic hydroxyl groups is 2. The molecule has 42 heavy (non-hydrogen) atoms. The van der Waals surface area contributed by atoms with Crippen molar-refractivity contribution in [3.8, 4) is 11.5 Å². The van der Waals surface area contributed by atoms with E-state index in [0.29, 0.717) is 17.9 Å². The Hall–Kier alpha value is -2.87. The number of hydrogen-bond donors (Lipinski definition) is 3. The average Bonchev–Trinajstić information content (AvgIpc) is 3.41. The number of fused-ring (bicyclic) bond motifs is 1. The zero-order chi connectivity index (χ0) is 30.5. The Morgan fingerprint density at radius 1 is 0.976 bits per heavy atom. The molecule has 1 saturated heterocycles. The minimum Gasteiger partial charge on any atom is -0.497 e. The SMILES string of the molecule is CCCN(C(=O)O)C1=N[C@@H]2[C@H](C(C)(O)OCc3ccc(OC)cc3)[C@H](C(C)(O)OCc3ccc(OC)cc3)CO[C@@H]2S1. The van der Waals surface area contributed by atoms with Crippen molar-refractivity contribution in [2.24, 2.45) is 16.8 Å². The standard InChI is InChI=1S/C30H40N2O9S/c1-6-15-32(28(33)34)27-31-25-24(30(3,36)41-17-20-9-13-22(38-5)14-10-20)23(18-39-26(25)42-27)29(2,35)40-16-19-7-11-21(37-4)12-8-19/h7-14,23-26,35-36H,6,15-18H2,1-5H3,(H,33,34)/t23-,24-,25-,26-,29?,30?/m1/s1. The maximum Gasteiger partial charge on any atom is 0.413 e. The lowest BCUT2D eigenvalue weighted by Gasteiger charge is -2.49. The van der Waals surface area contributed by atoms with E-state index < -0.39 is 41.0 Å². The average molecular weight is 605 g/mol. The van der Waals surface area contributed by atoms with E-state index in [9.17, 15) is 20.1 Å². The lowest BCUT2D eigenvalue weighted by molar-refractivity contribution is -0.317. The number of thioether (sulfide) groups is 1. The molecule has 0 aliphatic carbocycles. The van der Waals surface area contributed by atoms with Crippen LogP contribution in [0.15, 0.2) is 53.5 Å². The van der Waals surface area contributed by atoms with Crippen LogP contribution in [0, 0.1) is 11.8 Å². The molecule has 2 aromatic carbocycles. The van der Waals surface area contributed by atoms with Crippen LogP contribution < -0.4 is 9.47 Å². The molecule has 0 aromatic heterocycles. The van der Waals surface area contributed by atoms with Gasteiger partial charge in [0.15, 0.2) is 16.7 Å². The number of benzene rings is 2. The van der Waals surface area contributed by atoms with Crippen LogP contribution >= 0.6 is 11.8 Å². The lowest BCUT2D eigenvalue weighted by atomic mass is 9.75. The second-order valence-corrected chi connectivity index (χ2v) is 11.7. The highest BCUT2D eigenvalue weighted by Gasteiger charge is 2.58. The van der Waals surface area contributed by atoms with E-state index in [0.717, 1.165) is 11.1 Å². The van der Waals surface area contributed by atoms with Gasteiger partial charge in [-0.05, 0) is 55.7 Å². The number of carboxylic acid groups (broad SMARTS) is 1. The molecule has 2 unspecified atom stereocenters. The zero-order valence-corrected chi connectivity index (χ0v) is 25.4. The monoisotopic (exact) mass is 604 g/mol. The normalized spacial score (nSPS) is 24.6. The Kier molecular flexibility index (Phi) is 10.4. The molecule has 2 aromatic rings. The largest absolute Gasteiger partial charge is 0.497 e. The predicted molar refractivity (Wildman–Crippen MR) is 157 cm³/mol. The number of hydrogen-bond acceptors (Lipinski definition) is 10. The van der Waals surface area contributed by atoms with Gasteiger partial charge in [0, 0.05) is 18.4 Å². The van der Waals surface area contributed by atoms with E-state index in [1.807, 2.05) is 31.2 Å². The Morgan fingerprint density at radius 3 is 1.98 bits per heavy atom. The predicted octanol–water partition coefficient (Wildman–Crippen LogP) is 4.30. The van der Waals surface area contributed by atoms with Crippen molar-refractivity contribution in [1.29, 1.82) is 0 Å². The molecule has 0 radical (unpaired) electrons. The van der Waals surface area contributed by atoms with Gasteiger partial charge in [-0.1, -0.05) is 43.0 Å². The fourth-order valence-corrected chi connectivity index (χ4v) is 6.43. The van der Waals surface area contributed by atoms with Gasteiger partial charge in [0.05, 0.1) is 40.1 Å². The first-order valence-electron chi connectivity index (χ1n) is 13.8. The molecule has 2 aliphatic rings. The molecule has 2 aliphatic heterocycles. The molecule has 230 valence electrons. The van der Waals surface area contributed by atoms with Crippen LogP contribution in [0.1, 0.15) is 38.3 Å². The first-order valence-corrected chi connectivity index (χ1v) is 14.7. The summed E-state index contributed by atoms with van der Waals surface area (Å²) < 4.78 is 28.7. The maximum absolute atomic E-state index is 12.0. The number of ether oxygens (including phenoxy) is 5. The number of aliphatic imine (C=N–C) groups is 1. The maximum atomic E-state index is 12.0. The van der Waals surface area contributed by atoms with Crippen molar-refractivity contribution in [2.75, 3.05) is 27.4 Å². The van der Waals surface area contributed by atoms with Gasteiger partial charge in [-0.2, -0.15) is 0 Å². The minimum absolute atomic E-state index is 0.0279. The van der Waals surface area contributed by atoms with Gasteiger partial charge in [0.25, 0.3) is 0 Å². The fraction of sp³-hybridized carbons (Fsp3) is 0.533. The summed E-state index contributed by atoms with van der Waals surface area (Å²) in [7, 11) is 3.17. The number of amides is 1. The van der Waals surface area contributed by atoms with Gasteiger partial charge >= 0.3 is 6.09 Å². The summed E-state index contributed by atoms with van der Waals surface area (Å²) in [5.41, 5.74) is 1.05. The van der Waals surface area contributed by atoms with E-state index in [4.69, 9.17) is 28.7 Å². The second kappa shape index (κ2) is 13.6. The summed E-state index contributed by atoms with van der Waals surface area (Å²) in [6.07, 6.45) is -0.516. The molecule has 0 spiro atoms. The number of amidine groups is 1. The van der Waals surface area contributed by atoms with Gasteiger partial charge in [-0.3, -0.25) is 9.89 Å². The third-order valence-corrected chi connectivity index (χ3v) is 8.78. The van der Waals surface area contributed by atoms with Gasteiger partial charge in [-0.15, -0.1) is 0 Å². The highest BCUT2D eigenvalue weighted by molar-refractivity contribution is 8.14. The van der Waals surface area contributed by atoms with Crippen LogP contribution in [-0.2, 0) is 27.4 Å². The molecular weight excluding hydrogens is 564 g/mol. The number of carbonyl (C=O) groups is 1.